The Morgan fingerprint density at radius 2 is 2.55 bits per heavy atom. The molecule has 2 rings (SSSR count). The van der Waals surface area contributed by atoms with E-state index in [0.29, 0.717) is 6.61 Å². The molecule has 0 aliphatic carbocycles. The zero-order valence-corrected chi connectivity index (χ0v) is 12.8. The van der Waals surface area contributed by atoms with Crippen molar-refractivity contribution in [3.8, 4) is 0 Å². The molecule has 0 radical (unpaired) electrons. The number of hydrogen-bond acceptors (Lipinski definition) is 5. The number of rotatable bonds is 5. The molecule has 5 nitrogen and oxygen atoms in total. The maximum Gasteiger partial charge on any atom is 0.186 e. The van der Waals surface area contributed by atoms with E-state index in [4.69, 9.17) is 4.74 Å². The lowest BCUT2D eigenvalue weighted by Crippen LogP contribution is -2.32. The molecule has 1 aromatic heterocycles. The van der Waals surface area contributed by atoms with Crippen LogP contribution in [0.4, 0.5) is 0 Å². The molecule has 1 aliphatic heterocycles. The number of ether oxygens (including phenoxy) is 1. The minimum atomic E-state index is 0.174. The van der Waals surface area contributed by atoms with Crippen LogP contribution in [0, 0.1) is 0 Å². The zero-order chi connectivity index (χ0) is 14.4. The lowest BCUT2D eigenvalue weighted by Gasteiger charge is -2.24. The Morgan fingerprint density at radius 3 is 3.30 bits per heavy atom. The second kappa shape index (κ2) is 7.61. The van der Waals surface area contributed by atoms with Crippen LogP contribution in [0.5, 0.6) is 0 Å². The first-order valence-corrected chi connectivity index (χ1v) is 7.68. The van der Waals surface area contributed by atoms with E-state index in [-0.39, 0.29) is 10.4 Å². The number of nitrogens with zero attached hydrogens (tertiary/aromatic N) is 2. The molecular formula is C14H21N3O2S. The third-order valence-corrected chi connectivity index (χ3v) is 4.31. The highest BCUT2D eigenvalue weighted by atomic mass is 32.2. The minimum absolute atomic E-state index is 0.174. The predicted molar refractivity (Wildman–Crippen MR) is 81.6 cm³/mol. The molecule has 1 N–H and O–H groups in total. The maximum absolute atomic E-state index is 11.3. The van der Waals surface area contributed by atoms with Gasteiger partial charge in [0.25, 0.3) is 0 Å². The van der Waals surface area contributed by atoms with E-state index in [1.165, 1.54) is 17.3 Å². The number of methoxy groups -OCH3 is 1. The molecule has 110 valence electrons. The summed E-state index contributed by atoms with van der Waals surface area (Å²) in [5, 5.41) is 8.30. The van der Waals surface area contributed by atoms with E-state index < -0.39 is 0 Å². The van der Waals surface area contributed by atoms with Gasteiger partial charge in [0.15, 0.2) is 5.12 Å². The van der Waals surface area contributed by atoms with E-state index in [0.717, 1.165) is 31.7 Å². The van der Waals surface area contributed by atoms with Gasteiger partial charge < -0.3 is 10.1 Å². The molecule has 6 heteroatoms. The van der Waals surface area contributed by atoms with Crippen LogP contribution < -0.4 is 5.32 Å². The van der Waals surface area contributed by atoms with Crippen molar-refractivity contribution >= 4 is 23.0 Å². The molecule has 1 fully saturated rings. The quantitative estimate of drug-likeness (QED) is 0.893. The third-order valence-electron chi connectivity index (χ3n) is 3.15. The standard InChI is InChI=1S/C14H21N3O2S/c1-11(18)20-14-3-5-15-10-12(14)9-13-4-6-17(16-13)7-8-19-2/h4,6,9,14-15H,3,5,7-8,10H2,1-2H3. The van der Waals surface area contributed by atoms with Crippen LogP contribution in [-0.4, -0.2) is 47.0 Å². The second-order valence-electron chi connectivity index (χ2n) is 4.78. The summed E-state index contributed by atoms with van der Waals surface area (Å²) < 4.78 is 6.91. The Balaban J connectivity index is 2.06. The topological polar surface area (TPSA) is 56.1 Å². The number of thioether (sulfide) groups is 1. The number of nitrogens with one attached hydrogen (secondary N) is 1. The van der Waals surface area contributed by atoms with Crippen molar-refractivity contribution in [2.24, 2.45) is 0 Å². The van der Waals surface area contributed by atoms with Crippen molar-refractivity contribution in [2.45, 2.75) is 25.1 Å². The van der Waals surface area contributed by atoms with Crippen LogP contribution in [0.3, 0.4) is 0 Å². The highest BCUT2D eigenvalue weighted by molar-refractivity contribution is 8.14. The average molecular weight is 295 g/mol. The molecule has 20 heavy (non-hydrogen) atoms. The number of aromatic nitrogens is 2. The van der Waals surface area contributed by atoms with Crippen molar-refractivity contribution in [3.05, 3.63) is 23.5 Å². The fraction of sp³-hybridized carbons (Fsp3) is 0.571. The van der Waals surface area contributed by atoms with E-state index in [1.807, 2.05) is 16.9 Å². The van der Waals surface area contributed by atoms with E-state index in [2.05, 4.69) is 16.5 Å². The van der Waals surface area contributed by atoms with Gasteiger partial charge in [0, 0.05) is 32.0 Å². The molecule has 1 unspecified atom stereocenters. The van der Waals surface area contributed by atoms with Gasteiger partial charge in [-0.2, -0.15) is 5.10 Å². The molecule has 0 saturated carbocycles. The van der Waals surface area contributed by atoms with E-state index in [9.17, 15) is 4.79 Å². The summed E-state index contributed by atoms with van der Waals surface area (Å²) in [5.74, 6) is 0. The first-order chi connectivity index (χ1) is 9.69. The summed E-state index contributed by atoms with van der Waals surface area (Å²) >= 11 is 1.42. The Morgan fingerprint density at radius 1 is 1.70 bits per heavy atom. The molecule has 0 aromatic carbocycles. The maximum atomic E-state index is 11.3. The molecule has 1 aromatic rings. The summed E-state index contributed by atoms with van der Waals surface area (Å²) in [4.78, 5) is 11.3. The van der Waals surface area contributed by atoms with Crippen molar-refractivity contribution < 1.29 is 9.53 Å². The van der Waals surface area contributed by atoms with Crippen molar-refractivity contribution in [1.82, 2.24) is 15.1 Å². The highest BCUT2D eigenvalue weighted by Crippen LogP contribution is 2.26. The monoisotopic (exact) mass is 295 g/mol. The molecular weight excluding hydrogens is 274 g/mol. The Hall–Kier alpha value is -1.11. The number of hydrogen-bond donors (Lipinski definition) is 1. The summed E-state index contributed by atoms with van der Waals surface area (Å²) in [5.41, 5.74) is 2.18. The largest absolute Gasteiger partial charge is 0.383 e. The van der Waals surface area contributed by atoms with Crippen molar-refractivity contribution in [1.29, 1.82) is 0 Å². The van der Waals surface area contributed by atoms with Crippen LogP contribution in [0.1, 0.15) is 19.0 Å². The molecule has 0 spiro atoms. The SMILES string of the molecule is COCCn1ccc(C=C2CNCCC2SC(C)=O)n1. The predicted octanol–water partition coefficient (Wildman–Crippen LogP) is 1.55. The summed E-state index contributed by atoms with van der Waals surface area (Å²) in [6.45, 7) is 4.83. The fourth-order valence-corrected chi connectivity index (χ4v) is 3.14. The first-order valence-electron chi connectivity index (χ1n) is 6.80. The van der Waals surface area contributed by atoms with Crippen molar-refractivity contribution in [3.63, 3.8) is 0 Å². The molecule has 1 atom stereocenters. The van der Waals surface area contributed by atoms with Gasteiger partial charge in [-0.05, 0) is 30.7 Å². The lowest BCUT2D eigenvalue weighted by molar-refractivity contribution is -0.109. The van der Waals surface area contributed by atoms with Crippen LogP contribution in [-0.2, 0) is 16.1 Å². The third kappa shape index (κ3) is 4.47. The Kier molecular flexibility index (Phi) is 5.82. The molecule has 0 bridgehead atoms. The fourth-order valence-electron chi connectivity index (χ4n) is 2.20. The molecule has 1 saturated heterocycles. The summed E-state index contributed by atoms with van der Waals surface area (Å²) in [6.07, 6.45) is 5.03. The molecule has 1 aliphatic rings. The Labute approximate surface area is 123 Å². The number of carbonyl (C=O) groups excluding carboxylic acids is 1. The van der Waals surface area contributed by atoms with Gasteiger partial charge in [-0.15, -0.1) is 0 Å². The Bertz CT molecular complexity index is 485. The van der Waals surface area contributed by atoms with Gasteiger partial charge in [0.05, 0.1) is 18.8 Å². The zero-order valence-electron chi connectivity index (χ0n) is 12.0. The van der Waals surface area contributed by atoms with Crippen LogP contribution in [0.15, 0.2) is 17.8 Å². The normalized spacial score (nSPS) is 21.3. The van der Waals surface area contributed by atoms with Gasteiger partial charge in [-0.3, -0.25) is 9.48 Å². The van der Waals surface area contributed by atoms with E-state index >= 15 is 0 Å². The smallest absolute Gasteiger partial charge is 0.186 e. The van der Waals surface area contributed by atoms with Crippen molar-refractivity contribution in [2.75, 3.05) is 26.8 Å². The van der Waals surface area contributed by atoms with Crippen LogP contribution >= 0.6 is 11.8 Å². The van der Waals surface area contributed by atoms with Gasteiger partial charge in [0.2, 0.25) is 0 Å². The molecule has 0 amide bonds. The first kappa shape index (κ1) is 15.3. The van der Waals surface area contributed by atoms with Crippen LogP contribution in [0.2, 0.25) is 0 Å². The summed E-state index contributed by atoms with van der Waals surface area (Å²) in [6, 6.07) is 1.99. The molecule has 2 heterocycles. The van der Waals surface area contributed by atoms with Crippen LogP contribution in [0.25, 0.3) is 6.08 Å². The average Bonchev–Trinajstić information content (AvgIpc) is 2.86. The van der Waals surface area contributed by atoms with Gasteiger partial charge in [0.1, 0.15) is 0 Å². The van der Waals surface area contributed by atoms with Gasteiger partial charge in [-0.25, -0.2) is 0 Å². The van der Waals surface area contributed by atoms with E-state index in [1.54, 1.807) is 14.0 Å². The van der Waals surface area contributed by atoms with Gasteiger partial charge in [-0.1, -0.05) is 11.8 Å². The number of carbonyl (C=O) groups is 1. The summed E-state index contributed by atoms with van der Waals surface area (Å²) in [7, 11) is 1.68. The minimum Gasteiger partial charge on any atom is -0.383 e. The second-order valence-corrected chi connectivity index (χ2v) is 6.16. The highest BCUT2D eigenvalue weighted by Gasteiger charge is 2.20. The lowest BCUT2D eigenvalue weighted by atomic mass is 10.0. The van der Waals surface area contributed by atoms with Gasteiger partial charge >= 0.3 is 0 Å². The number of piperidine rings is 1.